The Morgan fingerprint density at radius 1 is 0.596 bits per heavy atom. The number of hydrogen-bond acceptors (Lipinski definition) is 5. The fourth-order valence-electron chi connectivity index (χ4n) is 8.47. The topological polar surface area (TPSA) is 55.8 Å². The van der Waals surface area contributed by atoms with Crippen LogP contribution in [0.25, 0.3) is 0 Å². The minimum atomic E-state index is -0.0583. The number of ether oxygens (including phenoxy) is 2. The summed E-state index contributed by atoms with van der Waals surface area (Å²) in [5.41, 5.74) is 10.5. The smallest absolute Gasteiger partial charge is 0.305 e. The second-order valence-electron chi connectivity index (χ2n) is 16.2. The van der Waals surface area contributed by atoms with Crippen LogP contribution in [0.15, 0.2) is 29.3 Å². The van der Waals surface area contributed by atoms with E-state index in [0.29, 0.717) is 26.1 Å². The van der Waals surface area contributed by atoms with Gasteiger partial charge in [-0.1, -0.05) is 147 Å². The lowest BCUT2D eigenvalue weighted by Crippen LogP contribution is -2.20. The van der Waals surface area contributed by atoms with Crippen LogP contribution >= 0.6 is 0 Å². The summed E-state index contributed by atoms with van der Waals surface area (Å²) in [7, 11) is 0. The van der Waals surface area contributed by atoms with E-state index in [1.165, 1.54) is 141 Å². The third kappa shape index (κ3) is 23.6. The molecule has 0 aromatic carbocycles. The SMILES string of the molecule is C=C=C=C=C1C(CCCCC)CCOC(=O)CCCCCCCC(CCCCCN2CCCC2)CCCCCCCC(=O)OCCC1CCCCC. The van der Waals surface area contributed by atoms with E-state index in [9.17, 15) is 9.59 Å². The Labute approximate surface area is 321 Å². The van der Waals surface area contributed by atoms with Crippen LogP contribution < -0.4 is 0 Å². The number of nitrogens with zero attached hydrogens (tertiary/aromatic N) is 1. The third-order valence-electron chi connectivity index (χ3n) is 11.7. The van der Waals surface area contributed by atoms with Gasteiger partial charge in [-0.15, -0.1) is 0 Å². The van der Waals surface area contributed by atoms with Crippen LogP contribution in [0.5, 0.6) is 0 Å². The van der Waals surface area contributed by atoms with Gasteiger partial charge >= 0.3 is 11.9 Å². The summed E-state index contributed by atoms with van der Waals surface area (Å²) in [6.07, 6.45) is 34.3. The van der Waals surface area contributed by atoms with Crippen LogP contribution in [-0.4, -0.2) is 49.7 Å². The van der Waals surface area contributed by atoms with Gasteiger partial charge in [0.25, 0.3) is 0 Å². The lowest BCUT2D eigenvalue weighted by molar-refractivity contribution is -0.144. The van der Waals surface area contributed by atoms with E-state index in [-0.39, 0.29) is 23.8 Å². The largest absolute Gasteiger partial charge is 0.466 e. The zero-order valence-corrected chi connectivity index (χ0v) is 34.3. The first-order chi connectivity index (χ1) is 25.6. The van der Waals surface area contributed by atoms with E-state index < -0.39 is 0 Å². The van der Waals surface area contributed by atoms with Crippen molar-refractivity contribution in [3.8, 4) is 0 Å². The highest BCUT2D eigenvalue weighted by molar-refractivity contribution is 5.69. The van der Waals surface area contributed by atoms with Crippen molar-refractivity contribution in [3.05, 3.63) is 29.3 Å². The highest BCUT2D eigenvalue weighted by atomic mass is 16.5. The van der Waals surface area contributed by atoms with Crippen LogP contribution in [0, 0.1) is 17.8 Å². The molecule has 0 spiro atoms. The molecule has 2 fully saturated rings. The molecule has 2 heterocycles. The Morgan fingerprint density at radius 3 is 1.62 bits per heavy atom. The van der Waals surface area contributed by atoms with Gasteiger partial charge in [0, 0.05) is 12.8 Å². The molecule has 0 aliphatic carbocycles. The van der Waals surface area contributed by atoms with Crippen molar-refractivity contribution >= 4 is 11.9 Å². The molecule has 52 heavy (non-hydrogen) atoms. The maximum atomic E-state index is 12.8. The molecule has 0 N–H and O–H groups in total. The number of allylic oxidation sites excluding steroid dienone is 1. The van der Waals surface area contributed by atoms with Crippen LogP contribution in [0.3, 0.4) is 0 Å². The van der Waals surface area contributed by atoms with Gasteiger partial charge in [-0.05, 0) is 113 Å². The average Bonchev–Trinajstić information content (AvgIpc) is 3.66. The van der Waals surface area contributed by atoms with Gasteiger partial charge < -0.3 is 14.4 Å². The molecule has 2 aliphatic heterocycles. The molecular formula is C47H81NO4. The summed E-state index contributed by atoms with van der Waals surface area (Å²) in [4.78, 5) is 28.2. The number of cyclic esters (lactones) is 2. The van der Waals surface area contributed by atoms with Crippen molar-refractivity contribution in [2.24, 2.45) is 17.8 Å². The molecule has 5 heteroatoms. The lowest BCUT2D eigenvalue weighted by atomic mass is 9.79. The Kier molecular flexibility index (Phi) is 28.8. The molecule has 0 radical (unpaired) electrons. The first-order valence-electron chi connectivity index (χ1n) is 22.5. The number of unbranched alkanes of at least 4 members (excludes halogenated alkanes) is 6. The molecule has 298 valence electrons. The quantitative estimate of drug-likeness (QED) is 0.101. The third-order valence-corrected chi connectivity index (χ3v) is 11.7. The van der Waals surface area contributed by atoms with Crippen molar-refractivity contribution in [3.63, 3.8) is 0 Å². The summed E-state index contributed by atoms with van der Waals surface area (Å²) >= 11 is 0. The molecule has 0 bridgehead atoms. The number of hydrogen-bond donors (Lipinski definition) is 0. The van der Waals surface area contributed by atoms with E-state index in [1.54, 1.807) is 0 Å². The van der Waals surface area contributed by atoms with Crippen molar-refractivity contribution in [2.75, 3.05) is 32.8 Å². The van der Waals surface area contributed by atoms with E-state index in [2.05, 4.69) is 42.5 Å². The first kappa shape index (κ1) is 46.1. The molecule has 0 amide bonds. The summed E-state index contributed by atoms with van der Waals surface area (Å²) in [6, 6.07) is 0. The number of likely N-dealkylation sites (tertiary alicyclic amines) is 1. The first-order valence-corrected chi connectivity index (χ1v) is 22.5. The predicted octanol–water partition coefficient (Wildman–Crippen LogP) is 13.0. The van der Waals surface area contributed by atoms with Crippen molar-refractivity contribution in [1.82, 2.24) is 4.90 Å². The van der Waals surface area contributed by atoms with Crippen LogP contribution in [-0.2, 0) is 19.1 Å². The van der Waals surface area contributed by atoms with Gasteiger partial charge in [0.1, 0.15) is 0 Å². The number of carbonyl (C=O) groups excluding carboxylic acids is 2. The zero-order chi connectivity index (χ0) is 37.3. The molecule has 2 rings (SSSR count). The van der Waals surface area contributed by atoms with E-state index >= 15 is 0 Å². The Morgan fingerprint density at radius 2 is 1.10 bits per heavy atom. The summed E-state index contributed by atoms with van der Waals surface area (Å²) in [5.74, 6) is 1.24. The van der Waals surface area contributed by atoms with Crippen molar-refractivity contribution in [1.29, 1.82) is 0 Å². The van der Waals surface area contributed by atoms with E-state index in [4.69, 9.17) is 9.47 Å². The fourth-order valence-corrected chi connectivity index (χ4v) is 8.47. The van der Waals surface area contributed by atoms with Crippen LogP contribution in [0.4, 0.5) is 0 Å². The average molecular weight is 724 g/mol. The van der Waals surface area contributed by atoms with Gasteiger partial charge in [0.15, 0.2) is 0 Å². The van der Waals surface area contributed by atoms with Gasteiger partial charge in [-0.2, -0.15) is 0 Å². The highest BCUT2D eigenvalue weighted by Crippen LogP contribution is 2.33. The minimum absolute atomic E-state index is 0.0583. The summed E-state index contributed by atoms with van der Waals surface area (Å²) < 4.78 is 11.7. The van der Waals surface area contributed by atoms with Gasteiger partial charge in [-0.25, -0.2) is 0 Å². The summed E-state index contributed by atoms with van der Waals surface area (Å²) in [5, 5.41) is 0. The lowest BCUT2D eigenvalue weighted by Gasteiger charge is -2.26. The fraction of sp³-hybridized carbons (Fsp3) is 0.851. The molecule has 5 nitrogen and oxygen atoms in total. The molecule has 2 saturated heterocycles. The molecule has 0 saturated carbocycles. The molecular weight excluding hydrogens is 643 g/mol. The standard InChI is InChI=1S/C47H81NO4/c1-4-7-17-30-43-35-40-51-46(49)33-22-14-10-12-19-27-42(29-21-16-24-37-48-38-25-26-39-48)28-20-13-11-15-23-34-47(50)52-41-36-44(31-18-8-5-2)45(43)32-9-6-3/h42-44H,3-5,7-8,10-31,33-41H2,1-2H3. The molecule has 0 aromatic rings. The second-order valence-corrected chi connectivity index (χ2v) is 16.2. The van der Waals surface area contributed by atoms with Gasteiger partial charge in [0.2, 0.25) is 0 Å². The van der Waals surface area contributed by atoms with Crippen molar-refractivity contribution in [2.45, 2.75) is 206 Å². The monoisotopic (exact) mass is 724 g/mol. The van der Waals surface area contributed by atoms with Crippen LogP contribution in [0.1, 0.15) is 206 Å². The molecule has 2 atom stereocenters. The van der Waals surface area contributed by atoms with Crippen LogP contribution in [0.2, 0.25) is 0 Å². The maximum Gasteiger partial charge on any atom is 0.305 e. The van der Waals surface area contributed by atoms with E-state index in [0.717, 1.165) is 70.1 Å². The zero-order valence-electron chi connectivity index (χ0n) is 34.3. The Balaban J connectivity index is 1.99. The minimum Gasteiger partial charge on any atom is -0.466 e. The summed E-state index contributed by atoms with van der Waals surface area (Å²) in [6.45, 7) is 13.0. The Hall–Kier alpha value is -2.02. The van der Waals surface area contributed by atoms with Gasteiger partial charge in [-0.3, -0.25) is 9.59 Å². The normalized spacial score (nSPS) is 23.6. The molecule has 2 unspecified atom stereocenters. The maximum absolute atomic E-state index is 12.8. The second kappa shape index (κ2) is 32.4. The number of rotatable bonds is 14. The predicted molar refractivity (Wildman–Crippen MR) is 218 cm³/mol. The van der Waals surface area contributed by atoms with Crippen molar-refractivity contribution < 1.29 is 19.1 Å². The molecule has 0 aromatic heterocycles. The number of carbonyl (C=O) groups is 2. The molecule has 2 aliphatic rings. The highest BCUT2D eigenvalue weighted by Gasteiger charge is 2.24. The Bertz CT molecular complexity index is 976. The van der Waals surface area contributed by atoms with Gasteiger partial charge in [0.05, 0.1) is 13.2 Å². The van der Waals surface area contributed by atoms with E-state index in [1.807, 2.05) is 0 Å². The number of esters is 2.